The molecule has 1 aromatic rings. The minimum absolute atomic E-state index is 0.115. The van der Waals surface area contributed by atoms with Crippen molar-refractivity contribution in [3.8, 4) is 5.75 Å². The maximum Gasteiger partial charge on any atom is 0.522 e. The van der Waals surface area contributed by atoms with Crippen LogP contribution < -0.4 is 4.74 Å². The second-order valence-corrected chi connectivity index (χ2v) is 3.10. The second kappa shape index (κ2) is 5.75. The van der Waals surface area contributed by atoms with Crippen molar-refractivity contribution in [2.45, 2.75) is 19.7 Å². The van der Waals surface area contributed by atoms with Crippen molar-refractivity contribution in [2.75, 3.05) is 13.2 Å². The van der Waals surface area contributed by atoms with Crippen LogP contribution in [0.15, 0.2) is 24.3 Å². The zero-order chi connectivity index (χ0) is 12.0. The van der Waals surface area contributed by atoms with Crippen LogP contribution >= 0.6 is 0 Å². The van der Waals surface area contributed by atoms with E-state index in [0.29, 0.717) is 5.75 Å². The van der Waals surface area contributed by atoms with Gasteiger partial charge >= 0.3 is 6.36 Å². The third-order valence-electron chi connectivity index (χ3n) is 1.96. The lowest BCUT2D eigenvalue weighted by Gasteiger charge is -2.11. The van der Waals surface area contributed by atoms with Gasteiger partial charge in [-0.1, -0.05) is 25.1 Å². The minimum atomic E-state index is -4.59. The van der Waals surface area contributed by atoms with Gasteiger partial charge in [0.1, 0.15) is 12.4 Å². The Morgan fingerprint density at radius 3 is 2.44 bits per heavy atom. The van der Waals surface area contributed by atoms with Gasteiger partial charge in [-0.2, -0.15) is 0 Å². The summed E-state index contributed by atoms with van der Waals surface area (Å²) in [6, 6.07) is 7.24. The lowest BCUT2D eigenvalue weighted by molar-refractivity contribution is -0.325. The first-order chi connectivity index (χ1) is 7.53. The van der Waals surface area contributed by atoms with E-state index in [2.05, 4.69) is 4.74 Å². The van der Waals surface area contributed by atoms with Crippen molar-refractivity contribution in [1.82, 2.24) is 0 Å². The number of hydrogen-bond donors (Lipinski definition) is 0. The fraction of sp³-hybridized carbons (Fsp3) is 0.455. The molecule has 0 atom stereocenters. The molecule has 0 unspecified atom stereocenters. The fourth-order valence-electron chi connectivity index (χ4n) is 1.25. The maximum atomic E-state index is 11.6. The minimum Gasteiger partial charge on any atom is -0.491 e. The molecule has 5 heteroatoms. The lowest BCUT2D eigenvalue weighted by Crippen LogP contribution is -2.18. The number of para-hydroxylation sites is 1. The van der Waals surface area contributed by atoms with Crippen molar-refractivity contribution >= 4 is 0 Å². The average molecular weight is 234 g/mol. The Morgan fingerprint density at radius 2 is 1.81 bits per heavy atom. The van der Waals surface area contributed by atoms with Crippen LogP contribution in [0.1, 0.15) is 12.5 Å². The molecule has 0 aromatic heterocycles. The van der Waals surface area contributed by atoms with Gasteiger partial charge in [-0.25, -0.2) is 0 Å². The lowest BCUT2D eigenvalue weighted by atomic mass is 10.1. The Labute approximate surface area is 92.0 Å². The highest BCUT2D eigenvalue weighted by Crippen LogP contribution is 2.19. The van der Waals surface area contributed by atoms with Crippen molar-refractivity contribution in [2.24, 2.45) is 0 Å². The largest absolute Gasteiger partial charge is 0.522 e. The molecule has 0 saturated heterocycles. The van der Waals surface area contributed by atoms with Gasteiger partial charge in [0.2, 0.25) is 0 Å². The molecule has 0 aliphatic carbocycles. The average Bonchev–Trinajstić information content (AvgIpc) is 2.23. The van der Waals surface area contributed by atoms with Gasteiger partial charge in [-0.15, -0.1) is 13.2 Å². The van der Waals surface area contributed by atoms with E-state index in [1.807, 2.05) is 19.1 Å². The van der Waals surface area contributed by atoms with E-state index >= 15 is 0 Å². The molecule has 0 spiro atoms. The summed E-state index contributed by atoms with van der Waals surface area (Å²) >= 11 is 0. The van der Waals surface area contributed by atoms with Gasteiger partial charge < -0.3 is 4.74 Å². The van der Waals surface area contributed by atoms with Crippen LogP contribution in [0.3, 0.4) is 0 Å². The Balaban J connectivity index is 2.37. The van der Waals surface area contributed by atoms with Crippen molar-refractivity contribution in [1.29, 1.82) is 0 Å². The summed E-state index contributed by atoms with van der Waals surface area (Å²) in [4.78, 5) is 0. The van der Waals surface area contributed by atoms with Crippen molar-refractivity contribution in [3.05, 3.63) is 29.8 Å². The standard InChI is InChI=1S/C11H13F3O2/c1-2-9-5-3-4-6-10(9)15-7-8-16-11(12,13)14/h3-6H,2,7-8H2,1H3. The smallest absolute Gasteiger partial charge is 0.491 e. The Bertz CT molecular complexity index is 323. The van der Waals surface area contributed by atoms with E-state index in [1.165, 1.54) is 0 Å². The van der Waals surface area contributed by atoms with Gasteiger partial charge in [0.25, 0.3) is 0 Å². The first-order valence-electron chi connectivity index (χ1n) is 4.94. The highest BCUT2D eigenvalue weighted by Gasteiger charge is 2.28. The van der Waals surface area contributed by atoms with E-state index in [1.54, 1.807) is 12.1 Å². The number of halogens is 3. The summed E-state index contributed by atoms with van der Waals surface area (Å²) in [5, 5.41) is 0. The van der Waals surface area contributed by atoms with Crippen molar-refractivity contribution in [3.63, 3.8) is 0 Å². The van der Waals surface area contributed by atoms with Gasteiger partial charge in [-0.05, 0) is 18.1 Å². The molecular formula is C11H13F3O2. The topological polar surface area (TPSA) is 18.5 Å². The first kappa shape index (κ1) is 12.8. The predicted molar refractivity (Wildman–Crippen MR) is 53.3 cm³/mol. The summed E-state index contributed by atoms with van der Waals surface area (Å²) in [6.45, 7) is 1.34. The van der Waals surface area contributed by atoms with E-state index in [9.17, 15) is 13.2 Å². The zero-order valence-electron chi connectivity index (χ0n) is 8.88. The second-order valence-electron chi connectivity index (χ2n) is 3.10. The van der Waals surface area contributed by atoms with Gasteiger partial charge in [0.05, 0.1) is 6.61 Å². The summed E-state index contributed by atoms with van der Waals surface area (Å²) in [7, 11) is 0. The first-order valence-corrected chi connectivity index (χ1v) is 4.94. The zero-order valence-corrected chi connectivity index (χ0v) is 8.88. The van der Waals surface area contributed by atoms with Crippen LogP contribution in [-0.4, -0.2) is 19.6 Å². The van der Waals surface area contributed by atoms with Gasteiger partial charge in [-0.3, -0.25) is 4.74 Å². The quantitative estimate of drug-likeness (QED) is 0.728. The Morgan fingerprint density at radius 1 is 1.12 bits per heavy atom. The van der Waals surface area contributed by atoms with Gasteiger partial charge in [0, 0.05) is 0 Å². The van der Waals surface area contributed by atoms with E-state index in [4.69, 9.17) is 4.74 Å². The molecule has 0 fully saturated rings. The number of hydrogen-bond acceptors (Lipinski definition) is 2. The number of ether oxygens (including phenoxy) is 2. The van der Waals surface area contributed by atoms with E-state index in [-0.39, 0.29) is 6.61 Å². The highest BCUT2D eigenvalue weighted by molar-refractivity contribution is 5.33. The molecule has 1 aromatic carbocycles. The van der Waals surface area contributed by atoms with Crippen LogP contribution in [0.4, 0.5) is 13.2 Å². The molecule has 16 heavy (non-hydrogen) atoms. The molecule has 1 rings (SSSR count). The van der Waals surface area contributed by atoms with E-state index < -0.39 is 13.0 Å². The maximum absolute atomic E-state index is 11.6. The van der Waals surface area contributed by atoms with Gasteiger partial charge in [0.15, 0.2) is 0 Å². The molecule has 0 heterocycles. The molecule has 0 aliphatic heterocycles. The number of aryl methyl sites for hydroxylation is 1. The fourth-order valence-corrected chi connectivity index (χ4v) is 1.25. The number of alkyl halides is 3. The third kappa shape index (κ3) is 4.53. The van der Waals surface area contributed by atoms with Crippen LogP contribution in [-0.2, 0) is 11.2 Å². The van der Waals surface area contributed by atoms with Crippen molar-refractivity contribution < 1.29 is 22.6 Å². The normalized spacial score (nSPS) is 11.5. The number of rotatable bonds is 5. The molecule has 0 saturated carbocycles. The molecular weight excluding hydrogens is 221 g/mol. The third-order valence-corrected chi connectivity index (χ3v) is 1.96. The summed E-state index contributed by atoms with van der Waals surface area (Å²) in [5.41, 5.74) is 0.967. The molecule has 0 radical (unpaired) electrons. The summed E-state index contributed by atoms with van der Waals surface area (Å²) < 4.78 is 43.7. The molecule has 0 amide bonds. The Kier molecular flexibility index (Phi) is 4.61. The SMILES string of the molecule is CCc1ccccc1OCCOC(F)(F)F. The van der Waals surface area contributed by atoms with Crippen LogP contribution in [0.25, 0.3) is 0 Å². The van der Waals surface area contributed by atoms with Crippen LogP contribution in [0.2, 0.25) is 0 Å². The summed E-state index contributed by atoms with van der Waals surface area (Å²) in [5.74, 6) is 0.607. The molecule has 0 aliphatic rings. The molecule has 90 valence electrons. The van der Waals surface area contributed by atoms with Crippen LogP contribution in [0, 0.1) is 0 Å². The van der Waals surface area contributed by atoms with E-state index in [0.717, 1.165) is 12.0 Å². The van der Waals surface area contributed by atoms with Crippen LogP contribution in [0.5, 0.6) is 5.75 Å². The highest BCUT2D eigenvalue weighted by atomic mass is 19.4. The molecule has 2 nitrogen and oxygen atoms in total. The Hall–Kier alpha value is -1.23. The molecule has 0 bridgehead atoms. The molecule has 0 N–H and O–H groups in total. The number of benzene rings is 1. The summed E-state index contributed by atoms with van der Waals surface area (Å²) in [6.07, 6.45) is -3.82. The predicted octanol–water partition coefficient (Wildman–Crippen LogP) is 3.16. The monoisotopic (exact) mass is 234 g/mol.